The molecule has 0 atom stereocenters. The van der Waals surface area contributed by atoms with Crippen molar-refractivity contribution >= 4 is 28.9 Å². The molecule has 0 aliphatic rings. The summed E-state index contributed by atoms with van der Waals surface area (Å²) in [6.45, 7) is 5.78. The van der Waals surface area contributed by atoms with Crippen molar-refractivity contribution in [2.75, 3.05) is 12.4 Å². The van der Waals surface area contributed by atoms with E-state index in [0.29, 0.717) is 4.88 Å². The van der Waals surface area contributed by atoms with Crippen molar-refractivity contribution in [1.29, 1.82) is 0 Å². The first kappa shape index (κ1) is 17.0. The summed E-state index contributed by atoms with van der Waals surface area (Å²) in [5, 5.41) is 13.4. The molecule has 2 rings (SSSR count). The highest BCUT2D eigenvalue weighted by Gasteiger charge is 2.20. The van der Waals surface area contributed by atoms with Gasteiger partial charge in [-0.25, -0.2) is 9.78 Å². The molecule has 1 aromatic carbocycles. The third-order valence-corrected chi connectivity index (χ3v) is 4.17. The number of ether oxygens (including phenoxy) is 1. The summed E-state index contributed by atoms with van der Waals surface area (Å²) in [5.74, 6) is -0.969. The van der Waals surface area contributed by atoms with Crippen molar-refractivity contribution in [2.24, 2.45) is 0 Å². The molecule has 2 aromatic rings. The van der Waals surface area contributed by atoms with E-state index in [0.717, 1.165) is 10.7 Å². The van der Waals surface area contributed by atoms with Gasteiger partial charge in [0, 0.05) is 0 Å². The number of nitrogens with one attached hydrogen (secondary N) is 1. The molecule has 1 aromatic heterocycles. The van der Waals surface area contributed by atoms with Gasteiger partial charge in [0.25, 0.3) is 5.91 Å². The van der Waals surface area contributed by atoms with Crippen molar-refractivity contribution < 1.29 is 19.4 Å². The average molecular weight is 334 g/mol. The molecule has 0 spiro atoms. The number of methoxy groups -OCH3 is 1. The van der Waals surface area contributed by atoms with Crippen LogP contribution in [0.3, 0.4) is 0 Å². The maximum Gasteiger partial charge on any atom is 0.337 e. The lowest BCUT2D eigenvalue weighted by Crippen LogP contribution is -2.13. The molecule has 0 saturated carbocycles. The SMILES string of the molecule is COC(=O)c1ccc(NC(=O)c2sc(C)nc2C(C)C)c(O)c1. The number of carbonyl (C=O) groups is 2. The van der Waals surface area contributed by atoms with E-state index < -0.39 is 5.97 Å². The van der Waals surface area contributed by atoms with Crippen molar-refractivity contribution in [2.45, 2.75) is 26.7 Å². The van der Waals surface area contributed by atoms with E-state index in [1.807, 2.05) is 20.8 Å². The first-order valence-electron chi connectivity index (χ1n) is 7.03. The number of amides is 1. The molecule has 0 aliphatic heterocycles. The Labute approximate surface area is 138 Å². The third-order valence-electron chi connectivity index (χ3n) is 3.18. The van der Waals surface area contributed by atoms with Crippen molar-refractivity contribution in [3.05, 3.63) is 39.3 Å². The second kappa shape index (κ2) is 6.78. The molecular weight excluding hydrogens is 316 g/mol. The highest BCUT2D eigenvalue weighted by atomic mass is 32.1. The molecule has 0 aliphatic carbocycles. The Morgan fingerprint density at radius 2 is 2.04 bits per heavy atom. The minimum absolute atomic E-state index is 0.121. The van der Waals surface area contributed by atoms with Crippen molar-refractivity contribution in [1.82, 2.24) is 4.98 Å². The summed E-state index contributed by atoms with van der Waals surface area (Å²) in [6.07, 6.45) is 0. The van der Waals surface area contributed by atoms with Gasteiger partial charge >= 0.3 is 5.97 Å². The van der Waals surface area contributed by atoms with Gasteiger partial charge in [-0.15, -0.1) is 11.3 Å². The Morgan fingerprint density at radius 1 is 1.35 bits per heavy atom. The Bertz CT molecular complexity index is 753. The average Bonchev–Trinajstić information content (AvgIpc) is 2.90. The second-order valence-corrected chi connectivity index (χ2v) is 6.48. The normalized spacial score (nSPS) is 10.7. The Hall–Kier alpha value is -2.41. The monoisotopic (exact) mass is 334 g/mol. The van der Waals surface area contributed by atoms with Crippen LogP contribution in [0.25, 0.3) is 0 Å². The predicted octanol–water partition coefficient (Wildman–Crippen LogP) is 3.32. The van der Waals surface area contributed by atoms with Gasteiger partial charge in [0.2, 0.25) is 0 Å². The first-order valence-corrected chi connectivity index (χ1v) is 7.85. The molecule has 0 saturated heterocycles. The summed E-state index contributed by atoms with van der Waals surface area (Å²) in [4.78, 5) is 28.8. The molecule has 0 radical (unpaired) electrons. The summed E-state index contributed by atoms with van der Waals surface area (Å²) < 4.78 is 4.58. The largest absolute Gasteiger partial charge is 0.506 e. The number of hydrogen-bond donors (Lipinski definition) is 2. The lowest BCUT2D eigenvalue weighted by atomic mass is 10.1. The van der Waals surface area contributed by atoms with Gasteiger partial charge in [0.15, 0.2) is 0 Å². The zero-order valence-electron chi connectivity index (χ0n) is 13.3. The summed E-state index contributed by atoms with van der Waals surface area (Å²) in [5.41, 5.74) is 1.17. The lowest BCUT2D eigenvalue weighted by molar-refractivity contribution is 0.0600. The molecule has 0 fully saturated rings. The molecular formula is C16H18N2O4S. The third kappa shape index (κ3) is 3.68. The lowest BCUT2D eigenvalue weighted by Gasteiger charge is -2.09. The molecule has 1 amide bonds. The summed E-state index contributed by atoms with van der Waals surface area (Å²) in [6, 6.07) is 4.19. The molecule has 122 valence electrons. The number of thiazole rings is 1. The van der Waals surface area contributed by atoms with Gasteiger partial charge in [-0.3, -0.25) is 4.79 Å². The van der Waals surface area contributed by atoms with Crippen LogP contribution in [0.2, 0.25) is 0 Å². The molecule has 7 heteroatoms. The fourth-order valence-corrected chi connectivity index (χ4v) is 3.03. The number of phenols is 1. The molecule has 1 heterocycles. The zero-order chi connectivity index (χ0) is 17.1. The van der Waals surface area contributed by atoms with Crippen molar-refractivity contribution in [3.8, 4) is 5.75 Å². The van der Waals surface area contributed by atoms with E-state index in [-0.39, 0.29) is 28.8 Å². The standard InChI is InChI=1S/C16H18N2O4S/c1-8(2)13-14(23-9(3)17-13)15(20)18-11-6-5-10(7-12(11)19)16(21)22-4/h5-8,19H,1-4H3,(H,18,20). The number of nitrogens with zero attached hydrogens (tertiary/aromatic N) is 1. The van der Waals surface area contributed by atoms with E-state index >= 15 is 0 Å². The van der Waals surface area contributed by atoms with Crippen LogP contribution in [0, 0.1) is 6.92 Å². The quantitative estimate of drug-likeness (QED) is 0.661. The van der Waals surface area contributed by atoms with Crippen molar-refractivity contribution in [3.63, 3.8) is 0 Å². The maximum absolute atomic E-state index is 12.4. The van der Waals surface area contributed by atoms with E-state index in [2.05, 4.69) is 15.0 Å². The van der Waals surface area contributed by atoms with Crippen LogP contribution in [0.1, 0.15) is 50.5 Å². The summed E-state index contributed by atoms with van der Waals surface area (Å²) in [7, 11) is 1.26. The zero-order valence-corrected chi connectivity index (χ0v) is 14.2. The smallest absolute Gasteiger partial charge is 0.337 e. The van der Waals surface area contributed by atoms with Gasteiger partial charge < -0.3 is 15.2 Å². The predicted molar refractivity (Wildman–Crippen MR) is 88.3 cm³/mol. The number of rotatable bonds is 4. The highest BCUT2D eigenvalue weighted by molar-refractivity contribution is 7.13. The number of hydrogen-bond acceptors (Lipinski definition) is 6. The Morgan fingerprint density at radius 3 is 2.61 bits per heavy atom. The van der Waals surface area contributed by atoms with Crippen LogP contribution in [0.4, 0.5) is 5.69 Å². The number of aromatic nitrogens is 1. The second-order valence-electron chi connectivity index (χ2n) is 5.28. The summed E-state index contributed by atoms with van der Waals surface area (Å²) >= 11 is 1.31. The van der Waals surface area contributed by atoms with Crippen LogP contribution >= 0.6 is 11.3 Å². The van der Waals surface area contributed by atoms with Gasteiger partial charge in [-0.1, -0.05) is 13.8 Å². The van der Waals surface area contributed by atoms with E-state index in [1.54, 1.807) is 0 Å². The topological polar surface area (TPSA) is 88.5 Å². The van der Waals surface area contributed by atoms with Crippen LogP contribution in [0.5, 0.6) is 5.75 Å². The number of esters is 1. The molecule has 6 nitrogen and oxygen atoms in total. The minimum Gasteiger partial charge on any atom is -0.506 e. The van der Waals surface area contributed by atoms with Gasteiger partial charge in [0.05, 0.1) is 29.1 Å². The maximum atomic E-state index is 12.4. The number of phenolic OH excluding ortho intramolecular Hbond substituents is 1. The van der Waals surface area contributed by atoms with Gasteiger partial charge in [0.1, 0.15) is 10.6 Å². The number of benzene rings is 1. The van der Waals surface area contributed by atoms with Gasteiger partial charge in [-0.2, -0.15) is 0 Å². The van der Waals surface area contributed by atoms with Crippen LogP contribution in [-0.2, 0) is 4.74 Å². The molecule has 0 unspecified atom stereocenters. The van der Waals surface area contributed by atoms with Crippen LogP contribution < -0.4 is 5.32 Å². The van der Waals surface area contributed by atoms with E-state index in [4.69, 9.17) is 0 Å². The number of anilines is 1. The van der Waals surface area contributed by atoms with Gasteiger partial charge in [-0.05, 0) is 31.0 Å². The Balaban J connectivity index is 2.26. The highest BCUT2D eigenvalue weighted by Crippen LogP contribution is 2.29. The van der Waals surface area contributed by atoms with Crippen LogP contribution in [0.15, 0.2) is 18.2 Å². The number of aromatic hydroxyl groups is 1. The molecule has 2 N–H and O–H groups in total. The Kier molecular flexibility index (Phi) is 5.00. The van der Waals surface area contributed by atoms with E-state index in [9.17, 15) is 14.7 Å². The minimum atomic E-state index is -0.557. The molecule has 23 heavy (non-hydrogen) atoms. The number of carbonyl (C=O) groups excluding carboxylic acids is 2. The fraction of sp³-hybridized carbons (Fsp3) is 0.312. The van der Waals surface area contributed by atoms with Crippen LogP contribution in [-0.4, -0.2) is 29.1 Å². The first-order chi connectivity index (χ1) is 10.8. The van der Waals surface area contributed by atoms with E-state index in [1.165, 1.54) is 36.6 Å². The fourth-order valence-electron chi connectivity index (χ4n) is 2.06. The number of aryl methyl sites for hydroxylation is 1. The molecule has 0 bridgehead atoms.